The fraction of sp³-hybridized carbons (Fsp3) is 0.438. The van der Waals surface area contributed by atoms with E-state index in [9.17, 15) is 4.79 Å². The Morgan fingerprint density at radius 2 is 2.09 bits per heavy atom. The van der Waals surface area contributed by atoms with E-state index < -0.39 is 0 Å². The average Bonchev–Trinajstić information content (AvgIpc) is 2.90. The fourth-order valence-corrected chi connectivity index (χ4v) is 2.17. The highest BCUT2D eigenvalue weighted by Gasteiger charge is 2.18. The van der Waals surface area contributed by atoms with Gasteiger partial charge in [0, 0.05) is 17.0 Å². The molecular weight excluding hydrogens is 302 g/mol. The Hall–Kier alpha value is -1.88. The first-order chi connectivity index (χ1) is 10.4. The zero-order chi connectivity index (χ0) is 16.3. The Balaban J connectivity index is 2.10. The normalized spacial score (nSPS) is 12.5. The second-order valence-electron chi connectivity index (χ2n) is 5.81. The SMILES string of the molecule is Cc1ccc(-c2noc([C@H](C)NC(=O)CC(C)C)n2)cc1Cl. The molecule has 2 aromatic rings. The van der Waals surface area contributed by atoms with Gasteiger partial charge in [-0.25, -0.2) is 0 Å². The maximum absolute atomic E-state index is 11.8. The number of amides is 1. The van der Waals surface area contributed by atoms with Crippen LogP contribution in [0.1, 0.15) is 44.7 Å². The van der Waals surface area contributed by atoms with E-state index in [0.29, 0.717) is 29.1 Å². The van der Waals surface area contributed by atoms with Crippen LogP contribution in [-0.4, -0.2) is 16.0 Å². The lowest BCUT2D eigenvalue weighted by atomic mass is 10.1. The maximum Gasteiger partial charge on any atom is 0.249 e. The zero-order valence-electron chi connectivity index (χ0n) is 13.2. The monoisotopic (exact) mass is 321 g/mol. The van der Waals surface area contributed by atoms with Gasteiger partial charge in [-0.05, 0) is 31.4 Å². The summed E-state index contributed by atoms with van der Waals surface area (Å²) >= 11 is 6.11. The van der Waals surface area contributed by atoms with Crippen LogP contribution in [0.25, 0.3) is 11.4 Å². The second kappa shape index (κ2) is 6.92. The molecule has 0 spiro atoms. The van der Waals surface area contributed by atoms with E-state index in [1.165, 1.54) is 0 Å². The van der Waals surface area contributed by atoms with Crippen LogP contribution in [0.3, 0.4) is 0 Å². The van der Waals surface area contributed by atoms with Crippen molar-refractivity contribution in [3.63, 3.8) is 0 Å². The molecule has 0 aliphatic rings. The predicted molar refractivity (Wildman–Crippen MR) is 85.5 cm³/mol. The molecule has 0 aliphatic carbocycles. The minimum absolute atomic E-state index is 0.0272. The molecule has 1 aromatic heterocycles. The third-order valence-corrected chi connectivity index (χ3v) is 3.62. The molecule has 0 fully saturated rings. The topological polar surface area (TPSA) is 68.0 Å². The number of nitrogens with zero attached hydrogens (tertiary/aromatic N) is 2. The van der Waals surface area contributed by atoms with Gasteiger partial charge in [-0.15, -0.1) is 0 Å². The standard InChI is InChI=1S/C16H20ClN3O2/c1-9(2)7-14(21)18-11(4)16-19-15(20-22-16)12-6-5-10(3)13(17)8-12/h5-6,8-9,11H,7H2,1-4H3,(H,18,21)/t11-/m0/s1. The van der Waals surface area contributed by atoms with Gasteiger partial charge in [0.2, 0.25) is 17.6 Å². The molecule has 1 N–H and O–H groups in total. The molecule has 6 heteroatoms. The molecular formula is C16H20ClN3O2. The van der Waals surface area contributed by atoms with Crippen LogP contribution in [0.2, 0.25) is 5.02 Å². The molecule has 1 heterocycles. The smallest absolute Gasteiger partial charge is 0.249 e. The van der Waals surface area contributed by atoms with Gasteiger partial charge >= 0.3 is 0 Å². The van der Waals surface area contributed by atoms with Crippen LogP contribution in [0.5, 0.6) is 0 Å². The number of hydrogen-bond acceptors (Lipinski definition) is 4. The summed E-state index contributed by atoms with van der Waals surface area (Å²) < 4.78 is 5.24. The van der Waals surface area contributed by atoms with Gasteiger partial charge < -0.3 is 9.84 Å². The number of nitrogens with one attached hydrogen (secondary N) is 1. The summed E-state index contributed by atoms with van der Waals surface area (Å²) in [6, 6.07) is 5.26. The van der Waals surface area contributed by atoms with Crippen molar-refractivity contribution in [2.45, 2.75) is 40.2 Å². The number of carbonyl (C=O) groups excluding carboxylic acids is 1. The summed E-state index contributed by atoms with van der Waals surface area (Å²) in [4.78, 5) is 16.1. The maximum atomic E-state index is 11.8. The van der Waals surface area contributed by atoms with Crippen molar-refractivity contribution in [3.8, 4) is 11.4 Å². The molecule has 118 valence electrons. The number of hydrogen-bond donors (Lipinski definition) is 1. The van der Waals surface area contributed by atoms with Gasteiger partial charge in [0.05, 0.1) is 0 Å². The Bertz CT molecular complexity index is 667. The Morgan fingerprint density at radius 1 is 1.36 bits per heavy atom. The van der Waals surface area contributed by atoms with Gasteiger partial charge in [0.25, 0.3) is 0 Å². The lowest BCUT2D eigenvalue weighted by Gasteiger charge is -2.10. The molecule has 1 aromatic carbocycles. The van der Waals surface area contributed by atoms with E-state index in [1.54, 1.807) is 6.07 Å². The minimum Gasteiger partial charge on any atom is -0.345 e. The van der Waals surface area contributed by atoms with Gasteiger partial charge in [-0.1, -0.05) is 42.7 Å². The van der Waals surface area contributed by atoms with Crippen molar-refractivity contribution in [2.75, 3.05) is 0 Å². The largest absolute Gasteiger partial charge is 0.345 e. The first kappa shape index (κ1) is 16.5. The number of benzene rings is 1. The first-order valence-electron chi connectivity index (χ1n) is 7.26. The van der Waals surface area contributed by atoms with Crippen molar-refractivity contribution in [2.24, 2.45) is 5.92 Å². The number of halogens is 1. The quantitative estimate of drug-likeness (QED) is 0.906. The molecule has 0 saturated carbocycles. The average molecular weight is 322 g/mol. The van der Waals surface area contributed by atoms with Gasteiger partial charge in [0.1, 0.15) is 6.04 Å². The Morgan fingerprint density at radius 3 is 2.73 bits per heavy atom. The molecule has 22 heavy (non-hydrogen) atoms. The molecule has 1 atom stereocenters. The van der Waals surface area contributed by atoms with Crippen LogP contribution < -0.4 is 5.32 Å². The van der Waals surface area contributed by atoms with Gasteiger partial charge in [-0.3, -0.25) is 4.79 Å². The predicted octanol–water partition coefficient (Wildman–Crippen LogP) is 3.92. The minimum atomic E-state index is -0.326. The zero-order valence-corrected chi connectivity index (χ0v) is 13.9. The summed E-state index contributed by atoms with van der Waals surface area (Å²) in [5.41, 5.74) is 1.77. The molecule has 0 bridgehead atoms. The highest BCUT2D eigenvalue weighted by molar-refractivity contribution is 6.31. The van der Waals surface area contributed by atoms with Gasteiger partial charge in [-0.2, -0.15) is 4.98 Å². The third kappa shape index (κ3) is 4.07. The summed E-state index contributed by atoms with van der Waals surface area (Å²) in [5, 5.41) is 7.46. The Kier molecular flexibility index (Phi) is 5.19. The number of rotatable bonds is 5. The van der Waals surface area contributed by atoms with Crippen molar-refractivity contribution in [1.29, 1.82) is 0 Å². The molecule has 0 radical (unpaired) electrons. The summed E-state index contributed by atoms with van der Waals surface area (Å²) in [6.07, 6.45) is 0.471. The lowest BCUT2D eigenvalue weighted by Crippen LogP contribution is -2.27. The molecule has 0 aliphatic heterocycles. The number of aryl methyl sites for hydroxylation is 1. The van der Waals surface area contributed by atoms with Crippen LogP contribution in [-0.2, 0) is 4.79 Å². The van der Waals surface area contributed by atoms with Crippen LogP contribution >= 0.6 is 11.6 Å². The van der Waals surface area contributed by atoms with E-state index in [-0.39, 0.29) is 11.9 Å². The molecule has 1 amide bonds. The first-order valence-corrected chi connectivity index (χ1v) is 7.64. The van der Waals surface area contributed by atoms with Crippen LogP contribution in [0.15, 0.2) is 22.7 Å². The van der Waals surface area contributed by atoms with E-state index >= 15 is 0 Å². The second-order valence-corrected chi connectivity index (χ2v) is 6.21. The molecule has 0 saturated heterocycles. The number of carbonyl (C=O) groups is 1. The van der Waals surface area contributed by atoms with Crippen molar-refractivity contribution in [1.82, 2.24) is 15.5 Å². The molecule has 2 rings (SSSR count). The van der Waals surface area contributed by atoms with E-state index in [1.807, 2.05) is 39.8 Å². The van der Waals surface area contributed by atoms with Crippen LogP contribution in [0, 0.1) is 12.8 Å². The molecule has 0 unspecified atom stereocenters. The fourth-order valence-electron chi connectivity index (χ4n) is 1.99. The van der Waals surface area contributed by atoms with Crippen molar-refractivity contribution >= 4 is 17.5 Å². The third-order valence-electron chi connectivity index (χ3n) is 3.21. The summed E-state index contributed by atoms with van der Waals surface area (Å²) in [5.74, 6) is 1.12. The summed E-state index contributed by atoms with van der Waals surface area (Å²) in [7, 11) is 0. The number of aromatic nitrogens is 2. The highest BCUT2D eigenvalue weighted by Crippen LogP contribution is 2.24. The van der Waals surface area contributed by atoms with Crippen molar-refractivity contribution < 1.29 is 9.32 Å². The summed E-state index contributed by atoms with van der Waals surface area (Å²) in [6.45, 7) is 7.74. The van der Waals surface area contributed by atoms with Crippen molar-refractivity contribution in [3.05, 3.63) is 34.7 Å². The lowest BCUT2D eigenvalue weighted by molar-refractivity contribution is -0.122. The Labute approximate surface area is 135 Å². The molecule has 5 nitrogen and oxygen atoms in total. The van der Waals surface area contributed by atoms with E-state index in [2.05, 4.69) is 15.5 Å². The van der Waals surface area contributed by atoms with E-state index in [4.69, 9.17) is 16.1 Å². The highest BCUT2D eigenvalue weighted by atomic mass is 35.5. The van der Waals surface area contributed by atoms with Gasteiger partial charge in [0.15, 0.2) is 0 Å². The van der Waals surface area contributed by atoms with E-state index in [0.717, 1.165) is 11.1 Å². The van der Waals surface area contributed by atoms with Crippen LogP contribution in [0.4, 0.5) is 0 Å².